The summed E-state index contributed by atoms with van der Waals surface area (Å²) in [7, 11) is 0. The van der Waals surface area contributed by atoms with Crippen LogP contribution in [0.25, 0.3) is 0 Å². The Kier molecular flexibility index (Phi) is 7.33. The predicted molar refractivity (Wildman–Crippen MR) is 99.0 cm³/mol. The first-order valence-electron chi connectivity index (χ1n) is 8.83. The molecule has 2 aromatic rings. The summed E-state index contributed by atoms with van der Waals surface area (Å²) in [6.07, 6.45) is 0.981. The lowest BCUT2D eigenvalue weighted by Gasteiger charge is -2.13. The van der Waals surface area contributed by atoms with E-state index >= 15 is 0 Å². The van der Waals surface area contributed by atoms with Crippen LogP contribution in [0.2, 0.25) is 0 Å². The van der Waals surface area contributed by atoms with Crippen LogP contribution in [-0.4, -0.2) is 25.6 Å². The van der Waals surface area contributed by atoms with E-state index in [0.717, 1.165) is 17.1 Å². The fraction of sp³-hybridized carbons (Fsp3) is 0.381. The average molecular weight is 342 g/mol. The van der Waals surface area contributed by atoms with E-state index in [4.69, 9.17) is 14.2 Å². The van der Waals surface area contributed by atoms with Crippen LogP contribution in [0.3, 0.4) is 0 Å². The van der Waals surface area contributed by atoms with Gasteiger partial charge in [-0.05, 0) is 63.1 Å². The maximum Gasteiger partial charge on any atom is 0.166 e. The fourth-order valence-electron chi connectivity index (χ4n) is 2.67. The SMILES string of the molecule is CCOc1ccc(OCC)c(CCC(=O)c2ccccc2OCC)c1. The number of rotatable bonds is 10. The summed E-state index contributed by atoms with van der Waals surface area (Å²) in [5.74, 6) is 2.30. The van der Waals surface area contributed by atoms with Gasteiger partial charge in [-0.2, -0.15) is 0 Å². The molecular weight excluding hydrogens is 316 g/mol. The molecule has 2 rings (SSSR count). The number of hydrogen-bond acceptors (Lipinski definition) is 4. The number of aryl methyl sites for hydroxylation is 1. The number of Topliss-reactive ketones (excluding diaryl/α,β-unsaturated/α-hetero) is 1. The molecule has 0 aliphatic heterocycles. The van der Waals surface area contributed by atoms with Gasteiger partial charge in [0, 0.05) is 6.42 Å². The summed E-state index contributed by atoms with van der Waals surface area (Å²) in [6.45, 7) is 7.54. The number of carbonyl (C=O) groups is 1. The van der Waals surface area contributed by atoms with E-state index in [9.17, 15) is 4.79 Å². The molecule has 0 saturated carbocycles. The van der Waals surface area contributed by atoms with Crippen LogP contribution < -0.4 is 14.2 Å². The minimum atomic E-state index is 0.0633. The van der Waals surface area contributed by atoms with E-state index in [0.29, 0.717) is 44.0 Å². The zero-order valence-electron chi connectivity index (χ0n) is 15.2. The van der Waals surface area contributed by atoms with Gasteiger partial charge in [0.25, 0.3) is 0 Å². The van der Waals surface area contributed by atoms with Crippen molar-refractivity contribution >= 4 is 5.78 Å². The first kappa shape index (κ1) is 18.8. The summed E-state index contributed by atoms with van der Waals surface area (Å²) >= 11 is 0. The van der Waals surface area contributed by atoms with Crippen LogP contribution in [0.5, 0.6) is 17.2 Å². The molecule has 0 amide bonds. The molecule has 0 atom stereocenters. The maximum atomic E-state index is 12.6. The number of para-hydroxylation sites is 1. The number of benzene rings is 2. The maximum absolute atomic E-state index is 12.6. The zero-order chi connectivity index (χ0) is 18.1. The highest BCUT2D eigenvalue weighted by Gasteiger charge is 2.14. The highest BCUT2D eigenvalue weighted by atomic mass is 16.5. The third-order valence-corrected chi connectivity index (χ3v) is 3.75. The van der Waals surface area contributed by atoms with Crippen molar-refractivity contribution in [2.75, 3.05) is 19.8 Å². The van der Waals surface area contributed by atoms with Crippen molar-refractivity contribution < 1.29 is 19.0 Å². The second-order valence-corrected chi connectivity index (χ2v) is 5.49. The summed E-state index contributed by atoms with van der Waals surface area (Å²) in [5.41, 5.74) is 1.61. The highest BCUT2D eigenvalue weighted by Crippen LogP contribution is 2.27. The summed E-state index contributed by atoms with van der Waals surface area (Å²) in [4.78, 5) is 12.6. The molecule has 0 aliphatic rings. The largest absolute Gasteiger partial charge is 0.494 e. The zero-order valence-corrected chi connectivity index (χ0v) is 15.2. The molecule has 0 saturated heterocycles. The lowest BCUT2D eigenvalue weighted by atomic mass is 10.0. The minimum Gasteiger partial charge on any atom is -0.494 e. The van der Waals surface area contributed by atoms with Crippen molar-refractivity contribution in [1.82, 2.24) is 0 Å². The quantitative estimate of drug-likeness (QED) is 0.587. The Balaban J connectivity index is 2.14. The molecule has 2 aromatic carbocycles. The fourth-order valence-corrected chi connectivity index (χ4v) is 2.67. The Hall–Kier alpha value is -2.49. The van der Waals surface area contributed by atoms with Crippen LogP contribution in [0.15, 0.2) is 42.5 Å². The predicted octanol–water partition coefficient (Wildman–Crippen LogP) is 4.70. The van der Waals surface area contributed by atoms with E-state index < -0.39 is 0 Å². The third kappa shape index (κ3) is 5.24. The van der Waals surface area contributed by atoms with Gasteiger partial charge in [0.15, 0.2) is 5.78 Å². The first-order valence-corrected chi connectivity index (χ1v) is 8.83. The summed E-state index contributed by atoms with van der Waals surface area (Å²) in [5, 5.41) is 0. The van der Waals surface area contributed by atoms with Gasteiger partial charge in [-0.1, -0.05) is 12.1 Å². The Morgan fingerprint density at radius 2 is 1.52 bits per heavy atom. The normalized spacial score (nSPS) is 10.4. The minimum absolute atomic E-state index is 0.0633. The van der Waals surface area contributed by atoms with Gasteiger partial charge < -0.3 is 14.2 Å². The first-order chi connectivity index (χ1) is 12.2. The average Bonchev–Trinajstić information content (AvgIpc) is 2.62. The molecular formula is C21H26O4. The van der Waals surface area contributed by atoms with Crippen LogP contribution in [-0.2, 0) is 6.42 Å². The standard InChI is InChI=1S/C21H26O4/c1-4-23-17-12-14-20(24-5-2)16(15-17)11-13-19(22)18-9-7-8-10-21(18)25-6-3/h7-10,12,14-15H,4-6,11,13H2,1-3H3. The van der Waals surface area contributed by atoms with E-state index in [-0.39, 0.29) is 5.78 Å². The van der Waals surface area contributed by atoms with Crippen LogP contribution in [0.4, 0.5) is 0 Å². The van der Waals surface area contributed by atoms with E-state index in [2.05, 4.69) is 0 Å². The molecule has 0 N–H and O–H groups in total. The number of hydrogen-bond donors (Lipinski definition) is 0. The van der Waals surface area contributed by atoms with E-state index in [1.54, 1.807) is 0 Å². The molecule has 0 bridgehead atoms. The van der Waals surface area contributed by atoms with Gasteiger partial charge in [0.05, 0.1) is 25.4 Å². The molecule has 4 nitrogen and oxygen atoms in total. The lowest BCUT2D eigenvalue weighted by molar-refractivity contribution is 0.0979. The van der Waals surface area contributed by atoms with Gasteiger partial charge in [-0.15, -0.1) is 0 Å². The molecule has 25 heavy (non-hydrogen) atoms. The second kappa shape index (κ2) is 9.72. The van der Waals surface area contributed by atoms with Gasteiger partial charge in [0.2, 0.25) is 0 Å². The van der Waals surface area contributed by atoms with Crippen molar-refractivity contribution in [3.63, 3.8) is 0 Å². The Bertz CT molecular complexity index is 694. The monoisotopic (exact) mass is 342 g/mol. The molecule has 134 valence electrons. The molecule has 0 radical (unpaired) electrons. The van der Waals surface area contributed by atoms with Crippen LogP contribution in [0.1, 0.15) is 43.1 Å². The van der Waals surface area contributed by atoms with Crippen molar-refractivity contribution in [2.45, 2.75) is 33.6 Å². The van der Waals surface area contributed by atoms with Gasteiger partial charge >= 0.3 is 0 Å². The molecule has 0 aliphatic carbocycles. The highest BCUT2D eigenvalue weighted by molar-refractivity contribution is 5.98. The Labute approximate surface area is 149 Å². The van der Waals surface area contributed by atoms with Crippen LogP contribution >= 0.6 is 0 Å². The van der Waals surface area contributed by atoms with E-state index in [1.165, 1.54) is 0 Å². The molecule has 0 aromatic heterocycles. The van der Waals surface area contributed by atoms with Gasteiger partial charge in [0.1, 0.15) is 17.2 Å². The molecule has 0 spiro atoms. The number of ketones is 1. The van der Waals surface area contributed by atoms with Crippen LogP contribution in [0, 0.1) is 0 Å². The van der Waals surface area contributed by atoms with Crippen molar-refractivity contribution in [3.05, 3.63) is 53.6 Å². The third-order valence-electron chi connectivity index (χ3n) is 3.75. The Morgan fingerprint density at radius 1 is 0.840 bits per heavy atom. The summed E-state index contributed by atoms with van der Waals surface area (Å²) < 4.78 is 16.8. The summed E-state index contributed by atoms with van der Waals surface area (Å²) in [6, 6.07) is 13.1. The van der Waals surface area contributed by atoms with Crippen molar-refractivity contribution in [2.24, 2.45) is 0 Å². The van der Waals surface area contributed by atoms with Gasteiger partial charge in [-0.3, -0.25) is 4.79 Å². The van der Waals surface area contributed by atoms with Crippen molar-refractivity contribution in [1.29, 1.82) is 0 Å². The molecule has 0 heterocycles. The smallest absolute Gasteiger partial charge is 0.166 e. The number of ether oxygens (including phenoxy) is 3. The Morgan fingerprint density at radius 3 is 2.24 bits per heavy atom. The second-order valence-electron chi connectivity index (χ2n) is 5.49. The molecule has 0 fully saturated rings. The number of carbonyl (C=O) groups excluding carboxylic acids is 1. The molecule has 4 heteroatoms. The van der Waals surface area contributed by atoms with E-state index in [1.807, 2.05) is 63.2 Å². The lowest BCUT2D eigenvalue weighted by Crippen LogP contribution is -2.06. The van der Waals surface area contributed by atoms with Crippen molar-refractivity contribution in [3.8, 4) is 17.2 Å². The van der Waals surface area contributed by atoms with Gasteiger partial charge in [-0.25, -0.2) is 0 Å². The molecule has 0 unspecified atom stereocenters. The topological polar surface area (TPSA) is 44.8 Å².